The van der Waals surface area contributed by atoms with E-state index in [0.29, 0.717) is 21.5 Å². The third-order valence-corrected chi connectivity index (χ3v) is 5.51. The van der Waals surface area contributed by atoms with Gasteiger partial charge in [0, 0.05) is 10.0 Å². The van der Waals surface area contributed by atoms with Crippen LogP contribution in [0.5, 0.6) is 5.75 Å². The second-order valence-corrected chi connectivity index (χ2v) is 7.87. The van der Waals surface area contributed by atoms with Crippen molar-refractivity contribution in [2.24, 2.45) is 0 Å². The molecule has 1 saturated heterocycles. The number of likely N-dealkylation sites (N-methyl/N-ethyl adjacent to an activating group) is 1. The van der Waals surface area contributed by atoms with Crippen LogP contribution in [0.3, 0.4) is 0 Å². The minimum Gasteiger partial charge on any atom is -0.483 e. The fourth-order valence-corrected chi connectivity index (χ4v) is 3.80. The second kappa shape index (κ2) is 9.50. The number of anilines is 2. The summed E-state index contributed by atoms with van der Waals surface area (Å²) >= 11 is 12.1. The number of hydrogen-bond donors (Lipinski definition) is 2. The minimum absolute atomic E-state index is 0.0812. The Labute approximate surface area is 176 Å². The average molecular weight is 423 g/mol. The molecule has 1 fully saturated rings. The summed E-state index contributed by atoms with van der Waals surface area (Å²) in [4.78, 5) is 16.4. The number of carbonyl (C=O) groups excluding carboxylic acids is 1. The average Bonchev–Trinajstić information content (AvgIpc) is 2.67. The summed E-state index contributed by atoms with van der Waals surface area (Å²) < 4.78 is 5.65. The van der Waals surface area contributed by atoms with Crippen molar-refractivity contribution in [1.29, 1.82) is 0 Å². The predicted octanol–water partition coefficient (Wildman–Crippen LogP) is 3.04. The lowest BCUT2D eigenvalue weighted by atomic mass is 10.2. The van der Waals surface area contributed by atoms with Crippen molar-refractivity contribution in [1.82, 2.24) is 0 Å². The summed E-state index contributed by atoms with van der Waals surface area (Å²) in [5, 5.41) is 4.18. The lowest BCUT2D eigenvalue weighted by molar-refractivity contribution is -0.898. The van der Waals surface area contributed by atoms with Crippen molar-refractivity contribution >= 4 is 40.5 Å². The number of aryl methyl sites for hydroxylation is 1. The summed E-state index contributed by atoms with van der Waals surface area (Å²) in [6.07, 6.45) is 0. The van der Waals surface area contributed by atoms with Gasteiger partial charge >= 0.3 is 0 Å². The summed E-state index contributed by atoms with van der Waals surface area (Å²) in [5.74, 6) is 0.417. The maximum Gasteiger partial charge on any atom is 0.262 e. The molecule has 1 aliphatic heterocycles. The summed E-state index contributed by atoms with van der Waals surface area (Å²) in [5.41, 5.74) is 2.60. The molecule has 7 heteroatoms. The van der Waals surface area contributed by atoms with Gasteiger partial charge in [0.2, 0.25) is 0 Å². The van der Waals surface area contributed by atoms with E-state index in [9.17, 15) is 4.79 Å². The van der Waals surface area contributed by atoms with E-state index >= 15 is 0 Å². The van der Waals surface area contributed by atoms with Gasteiger partial charge in [-0.25, -0.2) is 0 Å². The number of amides is 1. The number of benzene rings is 2. The molecule has 0 atom stereocenters. The van der Waals surface area contributed by atoms with Crippen LogP contribution in [0.2, 0.25) is 10.0 Å². The van der Waals surface area contributed by atoms with Crippen LogP contribution in [0, 0.1) is 6.92 Å². The lowest BCUT2D eigenvalue weighted by Crippen LogP contribution is -3.14. The first-order chi connectivity index (χ1) is 13.5. The van der Waals surface area contributed by atoms with E-state index in [1.54, 1.807) is 23.1 Å². The van der Waals surface area contributed by atoms with Crippen LogP contribution in [0.15, 0.2) is 36.4 Å². The van der Waals surface area contributed by atoms with Gasteiger partial charge in [-0.05, 0) is 55.8 Å². The Hall–Kier alpha value is -1.95. The molecule has 2 aromatic rings. The molecule has 2 aromatic carbocycles. The quantitative estimate of drug-likeness (QED) is 0.751. The van der Waals surface area contributed by atoms with E-state index in [4.69, 9.17) is 27.9 Å². The molecule has 0 spiro atoms. The maximum absolute atomic E-state index is 12.5. The first kappa shape index (κ1) is 20.8. The highest BCUT2D eigenvalue weighted by atomic mass is 35.5. The number of carbonyl (C=O) groups is 1. The third kappa shape index (κ3) is 5.31. The molecule has 0 bridgehead atoms. The highest BCUT2D eigenvalue weighted by Crippen LogP contribution is 2.29. The number of hydrogen-bond acceptors (Lipinski definition) is 3. The largest absolute Gasteiger partial charge is 0.483 e. The first-order valence-electron chi connectivity index (χ1n) is 9.53. The van der Waals surface area contributed by atoms with Crippen molar-refractivity contribution in [2.75, 3.05) is 49.5 Å². The number of nitrogens with zero attached hydrogens (tertiary/aromatic N) is 1. The highest BCUT2D eigenvalue weighted by molar-refractivity contribution is 6.31. The summed E-state index contributed by atoms with van der Waals surface area (Å²) in [6, 6.07) is 10.9. The topological polar surface area (TPSA) is 46.0 Å². The van der Waals surface area contributed by atoms with Gasteiger partial charge in [-0.1, -0.05) is 23.2 Å². The number of halogens is 2. The Balaban J connectivity index is 1.66. The Kier molecular flexibility index (Phi) is 7.05. The van der Waals surface area contributed by atoms with E-state index in [-0.39, 0.29) is 12.5 Å². The predicted molar refractivity (Wildman–Crippen MR) is 115 cm³/mol. The van der Waals surface area contributed by atoms with Gasteiger partial charge in [0.15, 0.2) is 6.61 Å². The smallest absolute Gasteiger partial charge is 0.262 e. The fraction of sp³-hybridized carbons (Fsp3) is 0.381. The second-order valence-electron chi connectivity index (χ2n) is 7.00. The molecule has 5 nitrogen and oxygen atoms in total. The van der Waals surface area contributed by atoms with Gasteiger partial charge in [-0.15, -0.1) is 0 Å². The Morgan fingerprint density at radius 3 is 2.50 bits per heavy atom. The molecule has 0 radical (unpaired) electrons. The molecule has 28 heavy (non-hydrogen) atoms. The van der Waals surface area contributed by atoms with E-state index in [0.717, 1.165) is 44.0 Å². The monoisotopic (exact) mass is 422 g/mol. The molecular formula is C21H26Cl2N3O2+. The number of piperazine rings is 1. The molecule has 0 unspecified atom stereocenters. The van der Waals surface area contributed by atoms with Crippen LogP contribution >= 0.6 is 23.2 Å². The summed E-state index contributed by atoms with van der Waals surface area (Å²) in [7, 11) is 0. The third-order valence-electron chi connectivity index (χ3n) is 5.04. The fourth-order valence-electron chi connectivity index (χ4n) is 3.41. The van der Waals surface area contributed by atoms with Gasteiger partial charge < -0.3 is 19.9 Å². The van der Waals surface area contributed by atoms with Crippen molar-refractivity contribution in [2.45, 2.75) is 13.8 Å². The van der Waals surface area contributed by atoms with Crippen molar-refractivity contribution in [3.05, 3.63) is 52.0 Å². The standard InChI is InChI=1S/C21H25Cl2N3O2/c1-3-25-8-10-26(11-9-25)19-6-4-17(23)13-18(19)24-21(27)14-28-20-7-5-16(22)12-15(20)2/h4-7,12-13H,3,8-11,14H2,1-2H3,(H,24,27)/p+1. The van der Waals surface area contributed by atoms with Crippen LogP contribution in [-0.2, 0) is 4.79 Å². The van der Waals surface area contributed by atoms with Crippen molar-refractivity contribution in [3.63, 3.8) is 0 Å². The van der Waals surface area contributed by atoms with E-state index < -0.39 is 0 Å². The molecule has 1 aliphatic rings. The maximum atomic E-state index is 12.5. The van der Waals surface area contributed by atoms with E-state index in [1.807, 2.05) is 25.1 Å². The van der Waals surface area contributed by atoms with Crippen molar-refractivity contribution in [3.8, 4) is 5.75 Å². The van der Waals surface area contributed by atoms with Crippen LogP contribution in [-0.4, -0.2) is 45.2 Å². The molecule has 0 aromatic heterocycles. The van der Waals surface area contributed by atoms with Gasteiger partial charge in [0.25, 0.3) is 5.91 Å². The molecule has 1 heterocycles. The zero-order valence-corrected chi connectivity index (χ0v) is 17.7. The van der Waals surface area contributed by atoms with Crippen LogP contribution < -0.4 is 19.9 Å². The number of nitrogens with one attached hydrogen (secondary N) is 2. The molecule has 1 amide bonds. The number of rotatable bonds is 6. The molecule has 150 valence electrons. The molecule has 0 aliphatic carbocycles. The van der Waals surface area contributed by atoms with Crippen LogP contribution in [0.4, 0.5) is 11.4 Å². The Morgan fingerprint density at radius 2 is 1.82 bits per heavy atom. The molecule has 2 N–H and O–H groups in total. The SMILES string of the molecule is CC[NH+]1CCN(c2ccc(Cl)cc2NC(=O)COc2ccc(Cl)cc2C)CC1. The molecule has 3 rings (SSSR count). The van der Waals surface area contributed by atoms with Gasteiger partial charge in [-0.3, -0.25) is 4.79 Å². The minimum atomic E-state index is -0.226. The number of quaternary nitrogens is 1. The van der Waals surface area contributed by atoms with Crippen molar-refractivity contribution < 1.29 is 14.4 Å². The van der Waals surface area contributed by atoms with Gasteiger partial charge in [0.1, 0.15) is 5.75 Å². The van der Waals surface area contributed by atoms with Gasteiger partial charge in [0.05, 0.1) is 44.1 Å². The molecular weight excluding hydrogens is 397 g/mol. The van der Waals surface area contributed by atoms with E-state index in [1.165, 1.54) is 0 Å². The first-order valence-corrected chi connectivity index (χ1v) is 10.3. The highest BCUT2D eigenvalue weighted by Gasteiger charge is 2.21. The zero-order valence-electron chi connectivity index (χ0n) is 16.2. The van der Waals surface area contributed by atoms with Crippen LogP contribution in [0.25, 0.3) is 0 Å². The Bertz CT molecular complexity index is 836. The summed E-state index contributed by atoms with van der Waals surface area (Å²) in [6.45, 7) is 9.24. The van der Waals surface area contributed by atoms with Crippen LogP contribution in [0.1, 0.15) is 12.5 Å². The van der Waals surface area contributed by atoms with Gasteiger partial charge in [-0.2, -0.15) is 0 Å². The van der Waals surface area contributed by atoms with E-state index in [2.05, 4.69) is 17.1 Å². The lowest BCUT2D eigenvalue weighted by Gasteiger charge is -2.34. The molecule has 0 saturated carbocycles. The normalized spacial score (nSPS) is 14.8. The number of ether oxygens (including phenoxy) is 1. The zero-order chi connectivity index (χ0) is 20.1. The Morgan fingerprint density at radius 1 is 1.14 bits per heavy atom.